The van der Waals surface area contributed by atoms with Crippen LogP contribution < -0.4 is 0 Å². The number of para-hydroxylation sites is 1. The van der Waals surface area contributed by atoms with Gasteiger partial charge < -0.3 is 19.7 Å². The molecule has 0 bridgehead atoms. The van der Waals surface area contributed by atoms with Crippen molar-refractivity contribution in [3.05, 3.63) is 39.9 Å². The second-order valence-corrected chi connectivity index (χ2v) is 4.51. The Morgan fingerprint density at radius 3 is 2.67 bits per heavy atom. The highest BCUT2D eigenvalue weighted by molar-refractivity contribution is 5.39. The Hall–Kier alpha value is -1.68. The molecule has 1 saturated heterocycles. The van der Waals surface area contributed by atoms with Gasteiger partial charge in [-0.05, 0) is 6.07 Å². The molecule has 2 unspecified atom stereocenters. The van der Waals surface area contributed by atoms with Crippen molar-refractivity contribution in [3.63, 3.8) is 0 Å². The summed E-state index contributed by atoms with van der Waals surface area (Å²) < 4.78 is 36.9. The zero-order valence-electron chi connectivity index (χ0n) is 10.7. The molecule has 21 heavy (non-hydrogen) atoms. The number of aliphatic hydroxyl groups excluding tert-OH is 2. The molecule has 7 nitrogen and oxygen atoms in total. The third-order valence-corrected chi connectivity index (χ3v) is 3.12. The number of halogens is 2. The zero-order valence-corrected chi connectivity index (χ0v) is 10.7. The van der Waals surface area contributed by atoms with Crippen LogP contribution in [0.1, 0.15) is 5.56 Å². The number of nitro groups is 1. The molecule has 0 aliphatic carbocycles. The first-order valence-electron chi connectivity index (χ1n) is 6.04. The lowest BCUT2D eigenvalue weighted by Gasteiger charge is -2.19. The van der Waals surface area contributed by atoms with Gasteiger partial charge in [-0.3, -0.25) is 10.1 Å². The van der Waals surface area contributed by atoms with E-state index in [1.165, 1.54) is 24.3 Å². The van der Waals surface area contributed by atoms with Crippen molar-refractivity contribution in [1.29, 1.82) is 0 Å². The van der Waals surface area contributed by atoms with Crippen molar-refractivity contribution in [2.75, 3.05) is 6.61 Å². The van der Waals surface area contributed by atoms with Crippen LogP contribution in [0.25, 0.3) is 0 Å². The first-order chi connectivity index (χ1) is 9.87. The summed E-state index contributed by atoms with van der Waals surface area (Å²) in [4.78, 5) is 10.1. The highest BCUT2D eigenvalue weighted by Gasteiger charge is 2.59. The Labute approximate surface area is 117 Å². The Kier molecular flexibility index (Phi) is 4.47. The van der Waals surface area contributed by atoms with E-state index in [2.05, 4.69) is 0 Å². The van der Waals surface area contributed by atoms with Gasteiger partial charge in [0, 0.05) is 6.07 Å². The molecule has 1 aromatic carbocycles. The van der Waals surface area contributed by atoms with Crippen LogP contribution in [0.2, 0.25) is 0 Å². The smallest absolute Gasteiger partial charge is 0.325 e. The molecule has 1 fully saturated rings. The van der Waals surface area contributed by atoms with Crippen LogP contribution in [0, 0.1) is 10.1 Å². The molecule has 2 N–H and O–H groups in total. The van der Waals surface area contributed by atoms with Gasteiger partial charge in [-0.25, -0.2) is 0 Å². The average molecular weight is 305 g/mol. The molecule has 0 spiro atoms. The van der Waals surface area contributed by atoms with E-state index in [0.29, 0.717) is 0 Å². The first kappa shape index (κ1) is 15.7. The van der Waals surface area contributed by atoms with E-state index in [4.69, 9.17) is 14.6 Å². The van der Waals surface area contributed by atoms with Gasteiger partial charge in [0.05, 0.1) is 23.7 Å². The van der Waals surface area contributed by atoms with E-state index in [1.807, 2.05) is 0 Å². The molecule has 1 aromatic rings. The van der Waals surface area contributed by atoms with Crippen LogP contribution in [0.4, 0.5) is 14.5 Å². The number of hydrogen-bond acceptors (Lipinski definition) is 6. The van der Waals surface area contributed by atoms with E-state index in [1.54, 1.807) is 0 Å². The number of aliphatic hydroxyl groups is 2. The van der Waals surface area contributed by atoms with Crippen molar-refractivity contribution < 1.29 is 33.4 Å². The van der Waals surface area contributed by atoms with Crippen LogP contribution >= 0.6 is 0 Å². The number of rotatable bonds is 5. The van der Waals surface area contributed by atoms with Crippen molar-refractivity contribution in [2.24, 2.45) is 0 Å². The van der Waals surface area contributed by atoms with Gasteiger partial charge in [-0.2, -0.15) is 8.78 Å². The molecule has 1 aliphatic heterocycles. The lowest BCUT2D eigenvalue weighted by Crippen LogP contribution is -2.41. The van der Waals surface area contributed by atoms with E-state index in [0.717, 1.165) is 0 Å². The van der Waals surface area contributed by atoms with Crippen molar-refractivity contribution >= 4 is 5.69 Å². The quantitative estimate of drug-likeness (QED) is 0.617. The van der Waals surface area contributed by atoms with Crippen LogP contribution in [0.5, 0.6) is 0 Å². The molecule has 1 heterocycles. The highest BCUT2D eigenvalue weighted by Crippen LogP contribution is 2.37. The van der Waals surface area contributed by atoms with Gasteiger partial charge in [0.1, 0.15) is 6.10 Å². The fraction of sp³-hybridized carbons (Fsp3) is 0.500. The SMILES string of the molecule is O=[N+]([O-])c1ccccc1COC1OC(CO)[C@H](O)C1(F)F. The summed E-state index contributed by atoms with van der Waals surface area (Å²) in [5, 5.41) is 28.9. The third kappa shape index (κ3) is 3.00. The number of hydrogen-bond donors (Lipinski definition) is 2. The lowest BCUT2D eigenvalue weighted by atomic mass is 10.1. The maximum absolute atomic E-state index is 13.7. The van der Waals surface area contributed by atoms with E-state index in [-0.39, 0.29) is 11.3 Å². The molecule has 9 heteroatoms. The minimum absolute atomic E-state index is 0.101. The van der Waals surface area contributed by atoms with Gasteiger partial charge in [-0.1, -0.05) is 12.1 Å². The predicted octanol–water partition coefficient (Wildman–Crippen LogP) is 0.825. The fourth-order valence-corrected chi connectivity index (χ4v) is 1.98. The summed E-state index contributed by atoms with van der Waals surface area (Å²) in [5.74, 6) is -3.71. The van der Waals surface area contributed by atoms with Gasteiger partial charge in [0.15, 0.2) is 6.10 Å². The minimum Gasteiger partial charge on any atom is -0.394 e. The number of nitrogens with zero attached hydrogens (tertiary/aromatic N) is 1. The number of ether oxygens (including phenoxy) is 2. The molecule has 0 radical (unpaired) electrons. The Morgan fingerprint density at radius 1 is 1.43 bits per heavy atom. The topological polar surface area (TPSA) is 102 Å². The van der Waals surface area contributed by atoms with Crippen LogP contribution in [0.15, 0.2) is 24.3 Å². The molecule has 3 atom stereocenters. The second-order valence-electron chi connectivity index (χ2n) is 4.51. The Morgan fingerprint density at radius 2 is 2.10 bits per heavy atom. The second kappa shape index (κ2) is 5.98. The van der Waals surface area contributed by atoms with Crippen molar-refractivity contribution in [3.8, 4) is 0 Å². The monoisotopic (exact) mass is 305 g/mol. The average Bonchev–Trinajstić information content (AvgIpc) is 2.67. The summed E-state index contributed by atoms with van der Waals surface area (Å²) in [7, 11) is 0. The first-order valence-corrected chi connectivity index (χ1v) is 6.04. The summed E-state index contributed by atoms with van der Waals surface area (Å²) in [5.41, 5.74) is -0.165. The predicted molar refractivity (Wildman–Crippen MR) is 64.6 cm³/mol. The van der Waals surface area contributed by atoms with E-state index < -0.39 is 42.6 Å². The maximum Gasteiger partial charge on any atom is 0.325 e. The van der Waals surface area contributed by atoms with Crippen molar-refractivity contribution in [1.82, 2.24) is 0 Å². The van der Waals surface area contributed by atoms with E-state index in [9.17, 15) is 24.0 Å². The number of alkyl halides is 2. The summed E-state index contributed by atoms with van der Waals surface area (Å²) in [6, 6.07) is 5.53. The number of nitro benzene ring substituents is 1. The van der Waals surface area contributed by atoms with Crippen LogP contribution in [-0.2, 0) is 16.1 Å². The molecule has 2 rings (SSSR count). The Balaban J connectivity index is 2.09. The van der Waals surface area contributed by atoms with Gasteiger partial charge in [-0.15, -0.1) is 0 Å². The zero-order chi connectivity index (χ0) is 15.6. The lowest BCUT2D eigenvalue weighted by molar-refractivity contribution is -0.386. The largest absolute Gasteiger partial charge is 0.394 e. The fourth-order valence-electron chi connectivity index (χ4n) is 1.98. The van der Waals surface area contributed by atoms with Gasteiger partial charge in [0.25, 0.3) is 5.69 Å². The maximum atomic E-state index is 13.7. The van der Waals surface area contributed by atoms with Crippen LogP contribution in [-0.4, -0.2) is 46.2 Å². The summed E-state index contributed by atoms with van der Waals surface area (Å²) in [6.45, 7) is -1.27. The highest BCUT2D eigenvalue weighted by atomic mass is 19.3. The summed E-state index contributed by atoms with van der Waals surface area (Å²) in [6.07, 6.45) is -5.74. The molecule has 1 aliphatic rings. The molecule has 0 aromatic heterocycles. The molecular formula is C12H13F2NO6. The molecule has 116 valence electrons. The molecular weight excluding hydrogens is 292 g/mol. The summed E-state index contributed by atoms with van der Waals surface area (Å²) >= 11 is 0. The normalized spacial score (nSPS) is 27.7. The Bertz CT molecular complexity index is 526. The molecule has 0 saturated carbocycles. The van der Waals surface area contributed by atoms with Gasteiger partial charge >= 0.3 is 5.92 Å². The van der Waals surface area contributed by atoms with Crippen molar-refractivity contribution in [2.45, 2.75) is 31.0 Å². The third-order valence-electron chi connectivity index (χ3n) is 3.12. The minimum atomic E-state index is -3.71. The standard InChI is InChI=1S/C12H13F2NO6/c13-12(14)10(17)9(5-16)21-11(12)20-6-7-3-1-2-4-8(7)15(18)19/h1-4,9-11,16-17H,5-6H2/t9?,10-,11?/m0/s1. The molecule has 0 amide bonds. The van der Waals surface area contributed by atoms with Gasteiger partial charge in [0.2, 0.25) is 6.29 Å². The van der Waals surface area contributed by atoms with Crippen LogP contribution in [0.3, 0.4) is 0 Å². The number of benzene rings is 1. The van der Waals surface area contributed by atoms with E-state index >= 15 is 0 Å².